The Bertz CT molecular complexity index is 3450. The Labute approximate surface area is 373 Å². The van der Waals surface area contributed by atoms with Crippen LogP contribution < -0.4 is 9.88 Å². The Hall–Kier alpha value is -7.40. The molecule has 1 unspecified atom stereocenters. The first kappa shape index (κ1) is 37.6. The third-order valence-electron chi connectivity index (χ3n) is 12.4. The Kier molecular flexibility index (Phi) is 9.06. The molecule has 0 saturated heterocycles. The number of hydrogen-bond donors (Lipinski definition) is 0. The predicted molar refractivity (Wildman–Crippen MR) is 247 cm³/mol. The van der Waals surface area contributed by atoms with Crippen molar-refractivity contribution in [2.45, 2.75) is 12.3 Å². The fraction of sp³-hybridized carbons (Fsp3) is 0.0364. The zero-order valence-electron chi connectivity index (χ0n) is 33.6. The van der Waals surface area contributed by atoms with Crippen LogP contribution in [0.3, 0.4) is 0 Å². The molecule has 1 aliphatic rings. The van der Waals surface area contributed by atoms with Crippen LogP contribution in [0.5, 0.6) is 0 Å². The van der Waals surface area contributed by atoms with Gasteiger partial charge in [0, 0.05) is 40.9 Å². The molecule has 0 N–H and O–H groups in total. The molecule has 0 saturated carbocycles. The molecule has 7 aromatic carbocycles. The summed E-state index contributed by atoms with van der Waals surface area (Å²) in [4.78, 5) is 22.3. The smallest absolute Gasteiger partial charge is 0.656 e. The predicted octanol–water partition coefficient (Wildman–Crippen LogP) is 13.0. The first-order chi connectivity index (χ1) is 30.1. The molecule has 1 aliphatic heterocycles. The van der Waals surface area contributed by atoms with Crippen LogP contribution >= 0.6 is 0 Å². The van der Waals surface area contributed by atoms with Gasteiger partial charge in [0.1, 0.15) is 11.6 Å². The normalized spacial score (nSPS) is 14.4. The fourth-order valence-corrected chi connectivity index (χ4v) is 9.48. The Morgan fingerprint density at radius 2 is 1.31 bits per heavy atom. The summed E-state index contributed by atoms with van der Waals surface area (Å²) in [5, 5.41) is 2.26. The van der Waals surface area contributed by atoms with Crippen LogP contribution in [0.4, 0.5) is 17.2 Å². The second-order valence-corrected chi connectivity index (χ2v) is 15.7. The summed E-state index contributed by atoms with van der Waals surface area (Å²) in [5.41, 5.74) is 14.9. The van der Waals surface area contributed by atoms with Gasteiger partial charge in [-0.25, -0.2) is 9.97 Å². The molecule has 11 aromatic rings. The van der Waals surface area contributed by atoms with Crippen LogP contribution in [0, 0.1) is 6.07 Å². The van der Waals surface area contributed by atoms with Crippen molar-refractivity contribution in [3.63, 3.8) is 0 Å². The van der Waals surface area contributed by atoms with Crippen molar-refractivity contribution in [3.8, 4) is 39.3 Å². The van der Waals surface area contributed by atoms with E-state index in [2.05, 4.69) is 191 Å². The number of rotatable bonds is 6. The SMILES string of the molecule is CC1(c2ccccc2)c2ccc(-c3cccc4c3nc(-c3cccc5c3[n-]c3ccccc35)n4-c3ccccc3)[c-]c2N(c2cc(-c3ccncc3)ccn2)c2ccccc21.[Pt+2]. The zero-order valence-corrected chi connectivity index (χ0v) is 35.8. The monoisotopic (exact) mass is 975 g/mol. The maximum Gasteiger partial charge on any atom is 2.00 e. The molecule has 0 amide bonds. The number of nitrogens with zero attached hydrogens (tertiary/aromatic N) is 6. The summed E-state index contributed by atoms with van der Waals surface area (Å²) in [6.07, 6.45) is 5.55. The van der Waals surface area contributed by atoms with Gasteiger partial charge in [0.15, 0.2) is 0 Å². The molecule has 0 bridgehead atoms. The van der Waals surface area contributed by atoms with E-state index >= 15 is 0 Å². The fourth-order valence-electron chi connectivity index (χ4n) is 9.48. The average molecular weight is 976 g/mol. The molecule has 0 radical (unpaired) electrons. The summed E-state index contributed by atoms with van der Waals surface area (Å²) < 4.78 is 2.27. The number of imidazole rings is 1. The molecule has 62 heavy (non-hydrogen) atoms. The summed E-state index contributed by atoms with van der Waals surface area (Å²) in [7, 11) is 0. The largest absolute Gasteiger partial charge is 2.00 e. The van der Waals surface area contributed by atoms with Crippen molar-refractivity contribution in [1.29, 1.82) is 0 Å². The topological polar surface area (TPSA) is 60.9 Å². The molecule has 0 spiro atoms. The zero-order chi connectivity index (χ0) is 40.5. The first-order valence-electron chi connectivity index (χ1n) is 20.6. The Balaban J connectivity index is 0.00000432. The van der Waals surface area contributed by atoms with Crippen molar-refractivity contribution in [2.24, 2.45) is 0 Å². The van der Waals surface area contributed by atoms with Crippen LogP contribution in [0.2, 0.25) is 0 Å². The maximum absolute atomic E-state index is 5.57. The van der Waals surface area contributed by atoms with Gasteiger partial charge in [0.2, 0.25) is 0 Å². The molecule has 4 aromatic heterocycles. The second kappa shape index (κ2) is 14.9. The Morgan fingerprint density at radius 3 is 2.16 bits per heavy atom. The van der Waals surface area contributed by atoms with E-state index in [1.54, 1.807) is 0 Å². The Morgan fingerprint density at radius 1 is 0.597 bits per heavy atom. The quantitative estimate of drug-likeness (QED) is 0.155. The van der Waals surface area contributed by atoms with E-state index in [4.69, 9.17) is 15.0 Å². The summed E-state index contributed by atoms with van der Waals surface area (Å²) in [6.45, 7) is 2.34. The van der Waals surface area contributed by atoms with E-state index in [0.717, 1.165) is 94.9 Å². The molecule has 0 fully saturated rings. The average Bonchev–Trinajstić information content (AvgIpc) is 3.92. The minimum atomic E-state index is -0.482. The van der Waals surface area contributed by atoms with Gasteiger partial charge in [0.25, 0.3) is 0 Å². The number of para-hydroxylation sites is 5. The molecule has 0 aliphatic carbocycles. The van der Waals surface area contributed by atoms with Crippen LogP contribution in [0.15, 0.2) is 201 Å². The van der Waals surface area contributed by atoms with E-state index in [-0.39, 0.29) is 21.1 Å². The van der Waals surface area contributed by atoms with Gasteiger partial charge in [-0.1, -0.05) is 139 Å². The second-order valence-electron chi connectivity index (χ2n) is 15.7. The van der Waals surface area contributed by atoms with Crippen molar-refractivity contribution in [1.82, 2.24) is 24.5 Å². The van der Waals surface area contributed by atoms with Crippen LogP contribution in [-0.2, 0) is 26.5 Å². The van der Waals surface area contributed by atoms with Gasteiger partial charge < -0.3 is 9.88 Å². The number of anilines is 3. The van der Waals surface area contributed by atoms with Gasteiger partial charge >= 0.3 is 21.1 Å². The van der Waals surface area contributed by atoms with E-state index in [0.29, 0.717) is 0 Å². The molecule has 296 valence electrons. The number of aromatic nitrogens is 5. The van der Waals surface area contributed by atoms with Crippen molar-refractivity contribution in [2.75, 3.05) is 4.90 Å². The standard InChI is InChI=1S/C55H36N6.Pt/c1-55(39-14-4-2-5-15-39)45-22-9-11-24-48(45)61(51-35-37(30-33-57-51)36-28-31-56-32-29-36)50-34-38(26-27-46(50)55)41-19-13-25-49-53(41)59-54(60(49)40-16-6-3-7-17-40)44-21-12-20-43-42-18-8-10-23-47(42)58-52(43)44;/h2-33,35H,1H3;/q-2;+2. The van der Waals surface area contributed by atoms with E-state index in [9.17, 15) is 0 Å². The summed E-state index contributed by atoms with van der Waals surface area (Å²) in [6, 6.07) is 68.1. The molecule has 6 nitrogen and oxygen atoms in total. The number of benzene rings is 7. The van der Waals surface area contributed by atoms with Crippen molar-refractivity contribution < 1.29 is 21.1 Å². The van der Waals surface area contributed by atoms with Crippen LogP contribution in [0.25, 0.3) is 72.2 Å². The number of hydrogen-bond acceptors (Lipinski definition) is 4. The van der Waals surface area contributed by atoms with Gasteiger partial charge in [-0.15, -0.1) is 34.8 Å². The van der Waals surface area contributed by atoms with Gasteiger partial charge in [-0.2, -0.15) is 0 Å². The minimum Gasteiger partial charge on any atom is -0.656 e. The molecule has 12 rings (SSSR count). The number of pyridine rings is 2. The van der Waals surface area contributed by atoms with Crippen molar-refractivity contribution >= 4 is 50.0 Å². The van der Waals surface area contributed by atoms with Gasteiger partial charge in [-0.05, 0) is 87.2 Å². The molecule has 1 atom stereocenters. The van der Waals surface area contributed by atoms with Crippen LogP contribution in [0.1, 0.15) is 23.6 Å². The van der Waals surface area contributed by atoms with E-state index in [1.165, 1.54) is 11.1 Å². The molecular weight excluding hydrogens is 940 g/mol. The van der Waals surface area contributed by atoms with E-state index in [1.807, 2.05) is 36.8 Å². The van der Waals surface area contributed by atoms with Crippen LogP contribution in [-0.4, -0.2) is 19.5 Å². The first-order valence-corrected chi connectivity index (χ1v) is 20.6. The minimum absolute atomic E-state index is 0. The number of fused-ring (bicyclic) bond motifs is 6. The third-order valence-corrected chi connectivity index (χ3v) is 12.4. The van der Waals surface area contributed by atoms with E-state index < -0.39 is 5.41 Å². The molecular formula is C55H36N6Pt. The van der Waals surface area contributed by atoms with Gasteiger partial charge in [-0.3, -0.25) is 9.55 Å². The van der Waals surface area contributed by atoms with Crippen molar-refractivity contribution in [3.05, 3.63) is 223 Å². The van der Waals surface area contributed by atoms with Gasteiger partial charge in [0.05, 0.1) is 11.0 Å². The summed E-state index contributed by atoms with van der Waals surface area (Å²) >= 11 is 0. The molecule has 5 heterocycles. The summed E-state index contributed by atoms with van der Waals surface area (Å²) in [5.74, 6) is 1.65. The molecule has 7 heteroatoms. The maximum atomic E-state index is 5.57. The third kappa shape index (κ3) is 5.78.